The number of halogens is 1. The van der Waals surface area contributed by atoms with E-state index in [1.54, 1.807) is 11.3 Å². The summed E-state index contributed by atoms with van der Waals surface area (Å²) in [6.07, 6.45) is 0. The molecule has 0 fully saturated rings. The van der Waals surface area contributed by atoms with Crippen LogP contribution in [0.25, 0.3) is 10.2 Å². The topological polar surface area (TPSA) is 38.9 Å². The molecule has 0 bridgehead atoms. The second-order valence-electron chi connectivity index (χ2n) is 2.87. The first-order valence-electron chi connectivity index (χ1n) is 3.86. The summed E-state index contributed by atoms with van der Waals surface area (Å²) in [5.74, 6) is 0. The molecule has 70 valence electrons. The standard InChI is InChI=1S/C9H10N2S.ClH/c1-6(10)7-2-3-8-9(4-7)12-5-11-8;/h2-6H,10H2,1H3;1H. The molecule has 0 aliphatic heterocycles. The number of benzene rings is 1. The van der Waals surface area contributed by atoms with Gasteiger partial charge >= 0.3 is 0 Å². The van der Waals surface area contributed by atoms with Crippen molar-refractivity contribution in [1.29, 1.82) is 0 Å². The van der Waals surface area contributed by atoms with E-state index in [1.807, 2.05) is 24.6 Å². The molecule has 0 aliphatic carbocycles. The largest absolute Gasteiger partial charge is 0.324 e. The summed E-state index contributed by atoms with van der Waals surface area (Å²) >= 11 is 1.65. The van der Waals surface area contributed by atoms with Gasteiger partial charge in [0.05, 0.1) is 15.7 Å². The molecule has 1 aromatic carbocycles. The van der Waals surface area contributed by atoms with Gasteiger partial charge in [-0.2, -0.15) is 0 Å². The van der Waals surface area contributed by atoms with Crippen LogP contribution in [0.15, 0.2) is 23.7 Å². The minimum absolute atomic E-state index is 0. The maximum Gasteiger partial charge on any atom is 0.0812 e. The number of nitrogens with two attached hydrogens (primary N) is 1. The number of thiazole rings is 1. The van der Waals surface area contributed by atoms with Crippen LogP contribution in [-0.2, 0) is 0 Å². The molecule has 13 heavy (non-hydrogen) atoms. The minimum atomic E-state index is 0. The highest BCUT2D eigenvalue weighted by molar-refractivity contribution is 7.16. The van der Waals surface area contributed by atoms with E-state index in [1.165, 1.54) is 10.3 Å². The molecule has 1 atom stereocenters. The van der Waals surface area contributed by atoms with E-state index >= 15 is 0 Å². The zero-order chi connectivity index (χ0) is 8.55. The van der Waals surface area contributed by atoms with Crippen molar-refractivity contribution in [2.75, 3.05) is 0 Å². The normalized spacial score (nSPS) is 12.5. The molecule has 0 spiro atoms. The van der Waals surface area contributed by atoms with E-state index in [4.69, 9.17) is 5.73 Å². The molecule has 1 aromatic heterocycles. The molecule has 4 heteroatoms. The van der Waals surface area contributed by atoms with E-state index in [0.717, 1.165) is 5.52 Å². The Morgan fingerprint density at radius 3 is 2.92 bits per heavy atom. The zero-order valence-corrected chi connectivity index (χ0v) is 8.86. The predicted octanol–water partition coefficient (Wildman–Crippen LogP) is 2.74. The Bertz CT molecular complexity index is 397. The fourth-order valence-electron chi connectivity index (χ4n) is 1.15. The summed E-state index contributed by atoms with van der Waals surface area (Å²) in [5, 5.41) is 0. The van der Waals surface area contributed by atoms with Crippen LogP contribution in [0.2, 0.25) is 0 Å². The molecule has 0 aliphatic rings. The highest BCUT2D eigenvalue weighted by Gasteiger charge is 2.01. The maximum atomic E-state index is 5.76. The number of hydrogen-bond donors (Lipinski definition) is 1. The van der Waals surface area contributed by atoms with E-state index in [0.29, 0.717) is 0 Å². The van der Waals surface area contributed by atoms with Gasteiger partial charge in [-0.3, -0.25) is 0 Å². The predicted molar refractivity (Wildman–Crippen MR) is 59.5 cm³/mol. The van der Waals surface area contributed by atoms with E-state index in [2.05, 4.69) is 11.1 Å². The Hall–Kier alpha value is -0.640. The zero-order valence-electron chi connectivity index (χ0n) is 7.23. The van der Waals surface area contributed by atoms with Crippen molar-refractivity contribution in [1.82, 2.24) is 4.98 Å². The average molecular weight is 215 g/mol. The smallest absolute Gasteiger partial charge is 0.0812 e. The van der Waals surface area contributed by atoms with Gasteiger partial charge in [0.1, 0.15) is 0 Å². The third-order valence-corrected chi connectivity index (χ3v) is 2.67. The van der Waals surface area contributed by atoms with Gasteiger partial charge in [-0.1, -0.05) is 6.07 Å². The SMILES string of the molecule is CC(N)c1ccc2ncsc2c1.Cl. The molecule has 0 saturated carbocycles. The van der Waals surface area contributed by atoms with Gasteiger partial charge in [0, 0.05) is 6.04 Å². The lowest BCUT2D eigenvalue weighted by Gasteiger charge is -2.03. The molecule has 2 rings (SSSR count). The first kappa shape index (κ1) is 10.4. The molecule has 1 heterocycles. The van der Waals surface area contributed by atoms with Crippen LogP contribution in [0.3, 0.4) is 0 Å². The van der Waals surface area contributed by atoms with Gasteiger partial charge in [0.2, 0.25) is 0 Å². The Morgan fingerprint density at radius 1 is 1.46 bits per heavy atom. The lowest BCUT2D eigenvalue weighted by atomic mass is 10.1. The lowest BCUT2D eigenvalue weighted by Crippen LogP contribution is -2.03. The van der Waals surface area contributed by atoms with Gasteiger partial charge in [-0.25, -0.2) is 4.98 Å². The van der Waals surface area contributed by atoms with Crippen LogP contribution in [0.4, 0.5) is 0 Å². The molecule has 0 saturated heterocycles. The summed E-state index contributed by atoms with van der Waals surface area (Å²) < 4.78 is 1.21. The third-order valence-electron chi connectivity index (χ3n) is 1.88. The van der Waals surface area contributed by atoms with Crippen LogP contribution in [0.1, 0.15) is 18.5 Å². The van der Waals surface area contributed by atoms with Crippen LogP contribution in [-0.4, -0.2) is 4.98 Å². The van der Waals surface area contributed by atoms with E-state index < -0.39 is 0 Å². The molecule has 1 unspecified atom stereocenters. The maximum absolute atomic E-state index is 5.76. The average Bonchev–Trinajstić information content (AvgIpc) is 2.49. The summed E-state index contributed by atoms with van der Waals surface area (Å²) in [7, 11) is 0. The molecular weight excluding hydrogens is 204 g/mol. The monoisotopic (exact) mass is 214 g/mol. The van der Waals surface area contributed by atoms with Crippen molar-refractivity contribution >= 4 is 34.0 Å². The van der Waals surface area contributed by atoms with Crippen LogP contribution in [0, 0.1) is 0 Å². The van der Waals surface area contributed by atoms with Crippen molar-refractivity contribution in [3.63, 3.8) is 0 Å². The highest BCUT2D eigenvalue weighted by Crippen LogP contribution is 2.21. The number of hydrogen-bond acceptors (Lipinski definition) is 3. The number of rotatable bonds is 1. The first-order chi connectivity index (χ1) is 5.77. The molecule has 2 aromatic rings. The van der Waals surface area contributed by atoms with Crippen LogP contribution < -0.4 is 5.73 Å². The van der Waals surface area contributed by atoms with Gasteiger partial charge in [0.25, 0.3) is 0 Å². The second kappa shape index (κ2) is 4.05. The molecule has 0 amide bonds. The summed E-state index contributed by atoms with van der Waals surface area (Å²) in [5.41, 5.74) is 9.85. The van der Waals surface area contributed by atoms with Crippen LogP contribution in [0.5, 0.6) is 0 Å². The quantitative estimate of drug-likeness (QED) is 0.793. The Balaban J connectivity index is 0.000000845. The fraction of sp³-hybridized carbons (Fsp3) is 0.222. The van der Waals surface area contributed by atoms with Crippen molar-refractivity contribution in [2.45, 2.75) is 13.0 Å². The summed E-state index contributed by atoms with van der Waals surface area (Å²) in [6.45, 7) is 1.99. The third kappa shape index (κ3) is 1.99. The Kier molecular flexibility index (Phi) is 3.25. The lowest BCUT2D eigenvalue weighted by molar-refractivity contribution is 0.820. The van der Waals surface area contributed by atoms with Gasteiger partial charge in [-0.05, 0) is 24.6 Å². The van der Waals surface area contributed by atoms with Crippen molar-refractivity contribution in [3.05, 3.63) is 29.3 Å². The summed E-state index contributed by atoms with van der Waals surface area (Å²) in [4.78, 5) is 4.20. The number of nitrogens with zero attached hydrogens (tertiary/aromatic N) is 1. The molecule has 2 N–H and O–H groups in total. The minimum Gasteiger partial charge on any atom is -0.324 e. The molecule has 0 radical (unpaired) electrons. The van der Waals surface area contributed by atoms with Crippen molar-refractivity contribution < 1.29 is 0 Å². The fourth-order valence-corrected chi connectivity index (χ4v) is 1.88. The Labute approximate surface area is 87.2 Å². The highest BCUT2D eigenvalue weighted by atomic mass is 35.5. The molecular formula is C9H11ClN2S. The van der Waals surface area contributed by atoms with Gasteiger partial charge in [-0.15, -0.1) is 23.7 Å². The number of aromatic nitrogens is 1. The van der Waals surface area contributed by atoms with Crippen molar-refractivity contribution in [3.8, 4) is 0 Å². The Morgan fingerprint density at radius 2 is 2.23 bits per heavy atom. The van der Waals surface area contributed by atoms with Gasteiger partial charge < -0.3 is 5.73 Å². The molecule has 2 nitrogen and oxygen atoms in total. The summed E-state index contributed by atoms with van der Waals surface area (Å²) in [6, 6.07) is 6.27. The second-order valence-corrected chi connectivity index (χ2v) is 3.75. The van der Waals surface area contributed by atoms with E-state index in [9.17, 15) is 0 Å². The van der Waals surface area contributed by atoms with Crippen molar-refractivity contribution in [2.24, 2.45) is 5.73 Å². The van der Waals surface area contributed by atoms with Crippen LogP contribution >= 0.6 is 23.7 Å². The van der Waals surface area contributed by atoms with E-state index in [-0.39, 0.29) is 18.4 Å². The first-order valence-corrected chi connectivity index (χ1v) is 4.74. The van der Waals surface area contributed by atoms with Gasteiger partial charge in [0.15, 0.2) is 0 Å². The number of fused-ring (bicyclic) bond motifs is 1.